The van der Waals surface area contributed by atoms with Gasteiger partial charge in [-0.3, -0.25) is 9.59 Å². The Labute approximate surface area is 162 Å². The highest BCUT2D eigenvalue weighted by Gasteiger charge is 2.71. The minimum atomic E-state index is -0.242. The van der Waals surface area contributed by atoms with Crippen molar-refractivity contribution in [1.29, 1.82) is 0 Å². The largest absolute Gasteiger partial charge is 0.396 e. The molecule has 0 aromatic heterocycles. The Bertz CT molecular complexity index is 702. The maximum Gasteiger partial charge on any atom is 0.228 e. The average Bonchev–Trinajstić information content (AvgIpc) is 3.30. The first-order chi connectivity index (χ1) is 12.6. The van der Waals surface area contributed by atoms with E-state index in [9.17, 15) is 9.59 Å². The predicted molar refractivity (Wildman–Crippen MR) is 102 cm³/mol. The molecule has 0 heterocycles. The Kier molecular flexibility index (Phi) is 4.82. The summed E-state index contributed by atoms with van der Waals surface area (Å²) in [7, 11) is 0. The van der Waals surface area contributed by atoms with Crippen LogP contribution in [0.25, 0.3) is 0 Å². The van der Waals surface area contributed by atoms with Crippen molar-refractivity contribution in [2.75, 3.05) is 18.5 Å². The third-order valence-electron chi connectivity index (χ3n) is 6.70. The maximum absolute atomic E-state index is 13.1. The van der Waals surface area contributed by atoms with Crippen LogP contribution in [0.2, 0.25) is 0 Å². The van der Waals surface area contributed by atoms with Gasteiger partial charge in [0.2, 0.25) is 11.8 Å². The minimum Gasteiger partial charge on any atom is -0.396 e. The van der Waals surface area contributed by atoms with E-state index in [2.05, 4.69) is 26.6 Å². The molecule has 140 valence electrons. The van der Waals surface area contributed by atoms with Crippen molar-refractivity contribution >= 4 is 33.4 Å². The molecule has 2 bridgehead atoms. The van der Waals surface area contributed by atoms with Crippen LogP contribution in [-0.2, 0) is 9.59 Å². The van der Waals surface area contributed by atoms with E-state index in [-0.39, 0.29) is 35.7 Å². The molecule has 3 saturated carbocycles. The van der Waals surface area contributed by atoms with Gasteiger partial charge < -0.3 is 15.7 Å². The zero-order chi connectivity index (χ0) is 18.3. The van der Waals surface area contributed by atoms with Crippen LogP contribution in [0.1, 0.15) is 32.1 Å². The fourth-order valence-electron chi connectivity index (χ4n) is 5.53. The van der Waals surface area contributed by atoms with Crippen LogP contribution in [0.15, 0.2) is 28.7 Å². The van der Waals surface area contributed by atoms with E-state index < -0.39 is 0 Å². The summed E-state index contributed by atoms with van der Waals surface area (Å²) < 4.78 is 0.966. The number of halogens is 1. The fourth-order valence-corrected chi connectivity index (χ4v) is 5.79. The Morgan fingerprint density at radius 1 is 1.08 bits per heavy atom. The fraction of sp³-hybridized carbons (Fsp3) is 0.600. The number of rotatable bonds is 6. The lowest BCUT2D eigenvalue weighted by Crippen LogP contribution is -2.43. The van der Waals surface area contributed by atoms with Crippen molar-refractivity contribution < 1.29 is 14.7 Å². The molecular weight excluding hydrogens is 396 g/mol. The summed E-state index contributed by atoms with van der Waals surface area (Å²) in [6.07, 6.45) is 4.98. The van der Waals surface area contributed by atoms with Gasteiger partial charge in [-0.2, -0.15) is 0 Å². The molecule has 0 saturated heterocycles. The van der Waals surface area contributed by atoms with Crippen LogP contribution in [0, 0.1) is 29.1 Å². The number of hydrogen-bond acceptors (Lipinski definition) is 3. The zero-order valence-electron chi connectivity index (χ0n) is 14.7. The van der Waals surface area contributed by atoms with E-state index in [4.69, 9.17) is 5.11 Å². The Hall–Kier alpha value is -1.40. The van der Waals surface area contributed by atoms with E-state index >= 15 is 0 Å². The summed E-state index contributed by atoms with van der Waals surface area (Å²) >= 11 is 3.40. The van der Waals surface area contributed by atoms with Crippen LogP contribution in [0.4, 0.5) is 5.69 Å². The highest BCUT2D eigenvalue weighted by atomic mass is 79.9. The van der Waals surface area contributed by atoms with Crippen LogP contribution in [0.3, 0.4) is 0 Å². The van der Waals surface area contributed by atoms with Crippen LogP contribution in [-0.4, -0.2) is 30.1 Å². The van der Waals surface area contributed by atoms with Gasteiger partial charge in [-0.1, -0.05) is 15.9 Å². The summed E-state index contributed by atoms with van der Waals surface area (Å²) in [5, 5.41) is 14.9. The van der Waals surface area contributed by atoms with Gasteiger partial charge in [0.1, 0.15) is 0 Å². The quantitative estimate of drug-likeness (QED) is 0.618. The highest BCUT2D eigenvalue weighted by molar-refractivity contribution is 9.10. The summed E-state index contributed by atoms with van der Waals surface area (Å²) in [4.78, 5) is 26.0. The summed E-state index contributed by atoms with van der Waals surface area (Å²) in [6.45, 7) is 0.533. The van der Waals surface area contributed by atoms with Crippen LogP contribution >= 0.6 is 15.9 Å². The maximum atomic E-state index is 13.1. The Balaban J connectivity index is 1.52. The second-order valence-corrected chi connectivity index (χ2v) is 8.86. The van der Waals surface area contributed by atoms with Gasteiger partial charge in [0.15, 0.2) is 0 Å². The molecule has 0 unspecified atom stereocenters. The molecule has 1 spiro atoms. The standard InChI is InChI=1S/C20H25BrN2O3/c21-12-2-4-13(5-3-12)23-19(26)17-15-7-6-14(20(15)8-9-20)16(17)18(25)22-10-1-11-24/h2-5,14-17,24H,1,6-11H2,(H,22,25)(H,23,26)/t14-,15+,16-,17-/m1/s1. The van der Waals surface area contributed by atoms with E-state index in [1.54, 1.807) is 0 Å². The number of carbonyl (C=O) groups excluding carboxylic acids is 2. The molecule has 1 aromatic rings. The third kappa shape index (κ3) is 2.97. The van der Waals surface area contributed by atoms with E-state index in [1.807, 2.05) is 24.3 Å². The van der Waals surface area contributed by atoms with Gasteiger partial charge in [-0.25, -0.2) is 0 Å². The number of nitrogens with one attached hydrogen (secondary N) is 2. The van der Waals surface area contributed by atoms with Crippen LogP contribution in [0.5, 0.6) is 0 Å². The van der Waals surface area contributed by atoms with Gasteiger partial charge in [-0.15, -0.1) is 0 Å². The van der Waals surface area contributed by atoms with E-state index in [1.165, 1.54) is 0 Å². The summed E-state index contributed by atoms with van der Waals surface area (Å²) in [6, 6.07) is 7.55. The number of aliphatic hydroxyl groups is 1. The second kappa shape index (κ2) is 6.97. The predicted octanol–water partition coefficient (Wildman–Crippen LogP) is 2.94. The van der Waals surface area contributed by atoms with Crippen molar-refractivity contribution in [2.45, 2.75) is 32.1 Å². The molecular formula is C20H25BrN2O3. The molecule has 0 aliphatic heterocycles. The van der Waals surface area contributed by atoms with Crippen molar-refractivity contribution in [3.05, 3.63) is 28.7 Å². The SMILES string of the molecule is O=C(NCCCO)[C@H]1[C@H](C(=O)Nc2ccc(Br)cc2)[C@@H]2CC[C@H]1C21CC1. The van der Waals surface area contributed by atoms with Crippen molar-refractivity contribution in [2.24, 2.45) is 29.1 Å². The molecule has 3 aliphatic carbocycles. The van der Waals surface area contributed by atoms with Crippen molar-refractivity contribution in [3.63, 3.8) is 0 Å². The molecule has 3 aliphatic rings. The number of aliphatic hydroxyl groups excluding tert-OH is 1. The van der Waals surface area contributed by atoms with Gasteiger partial charge >= 0.3 is 0 Å². The second-order valence-electron chi connectivity index (χ2n) is 7.94. The summed E-state index contributed by atoms with van der Waals surface area (Å²) in [5.74, 6) is 0.166. The van der Waals surface area contributed by atoms with Crippen molar-refractivity contribution in [3.8, 4) is 0 Å². The lowest BCUT2D eigenvalue weighted by atomic mass is 9.78. The highest BCUT2D eigenvalue weighted by Crippen LogP contribution is 2.74. The molecule has 6 heteroatoms. The normalized spacial score (nSPS) is 30.4. The first-order valence-electron chi connectivity index (χ1n) is 9.52. The lowest BCUT2D eigenvalue weighted by molar-refractivity contribution is -0.134. The molecule has 4 atom stereocenters. The number of amides is 2. The number of anilines is 1. The molecule has 26 heavy (non-hydrogen) atoms. The molecule has 3 fully saturated rings. The molecule has 0 radical (unpaired) electrons. The number of carbonyl (C=O) groups is 2. The number of hydrogen-bond donors (Lipinski definition) is 3. The summed E-state index contributed by atoms with van der Waals surface area (Å²) in [5.41, 5.74) is 1.01. The lowest BCUT2D eigenvalue weighted by Gasteiger charge is -2.29. The van der Waals surface area contributed by atoms with E-state index in [0.717, 1.165) is 35.8 Å². The number of benzene rings is 1. The van der Waals surface area contributed by atoms with E-state index in [0.29, 0.717) is 24.8 Å². The molecule has 5 nitrogen and oxygen atoms in total. The smallest absolute Gasteiger partial charge is 0.228 e. The Morgan fingerprint density at radius 3 is 2.27 bits per heavy atom. The van der Waals surface area contributed by atoms with Gasteiger partial charge in [-0.05, 0) is 73.6 Å². The molecule has 1 aromatic carbocycles. The molecule has 4 rings (SSSR count). The molecule has 3 N–H and O–H groups in total. The first kappa shape index (κ1) is 18.0. The van der Waals surface area contributed by atoms with Gasteiger partial charge in [0.05, 0.1) is 11.8 Å². The molecule has 2 amide bonds. The topological polar surface area (TPSA) is 78.4 Å². The Morgan fingerprint density at radius 2 is 1.69 bits per heavy atom. The average molecular weight is 421 g/mol. The van der Waals surface area contributed by atoms with Crippen LogP contribution < -0.4 is 10.6 Å². The van der Waals surface area contributed by atoms with Gasteiger partial charge in [0.25, 0.3) is 0 Å². The third-order valence-corrected chi connectivity index (χ3v) is 7.23. The monoisotopic (exact) mass is 420 g/mol. The minimum absolute atomic E-state index is 0.00659. The first-order valence-corrected chi connectivity index (χ1v) is 10.3. The van der Waals surface area contributed by atoms with Gasteiger partial charge in [0, 0.05) is 23.3 Å². The zero-order valence-corrected chi connectivity index (χ0v) is 16.3. The van der Waals surface area contributed by atoms with Crippen molar-refractivity contribution in [1.82, 2.24) is 5.32 Å².